The van der Waals surface area contributed by atoms with Gasteiger partial charge in [-0.15, -0.1) is 0 Å². The summed E-state index contributed by atoms with van der Waals surface area (Å²) in [5.41, 5.74) is 7.53. The highest BCUT2D eigenvalue weighted by Crippen LogP contribution is 2.29. The van der Waals surface area contributed by atoms with Crippen LogP contribution in [-0.4, -0.2) is 11.8 Å². The molecule has 0 saturated carbocycles. The molecule has 0 bridgehead atoms. The first-order valence-corrected chi connectivity index (χ1v) is 15.6. The van der Waals surface area contributed by atoms with Gasteiger partial charge in [0.2, 0.25) is 0 Å². The number of nitrogens with one attached hydrogen (secondary N) is 2. The molecule has 0 radical (unpaired) electrons. The van der Waals surface area contributed by atoms with E-state index in [4.69, 9.17) is 8.83 Å². The minimum absolute atomic E-state index is 0.0446. The molecule has 8 nitrogen and oxygen atoms in total. The van der Waals surface area contributed by atoms with Crippen molar-refractivity contribution < 1.29 is 18.4 Å². The lowest BCUT2D eigenvalue weighted by atomic mass is 9.93. The van der Waals surface area contributed by atoms with Crippen LogP contribution in [0.1, 0.15) is 68.3 Å². The minimum atomic E-state index is -0.487. The van der Waals surface area contributed by atoms with Crippen molar-refractivity contribution in [3.8, 4) is 0 Å². The summed E-state index contributed by atoms with van der Waals surface area (Å²) in [4.78, 5) is 51.4. The van der Waals surface area contributed by atoms with Gasteiger partial charge in [0.1, 0.15) is 11.2 Å². The Hall–Kier alpha value is -5.76. The van der Waals surface area contributed by atoms with Crippen LogP contribution in [-0.2, 0) is 19.3 Å². The molecule has 8 heteroatoms. The monoisotopic (exact) mass is 626 g/mol. The molecule has 4 aromatic carbocycles. The number of hydrogen-bond donors (Lipinski definition) is 2. The summed E-state index contributed by atoms with van der Waals surface area (Å²) in [6.07, 6.45) is 2.01. The normalized spacial score (nSPS) is 11.1. The molecule has 0 aliphatic heterocycles. The van der Waals surface area contributed by atoms with Crippen molar-refractivity contribution in [1.29, 1.82) is 0 Å². The molecule has 0 aliphatic carbocycles. The Bertz CT molecular complexity index is 2310. The molecule has 236 valence electrons. The summed E-state index contributed by atoms with van der Waals surface area (Å²) in [7, 11) is 0. The van der Waals surface area contributed by atoms with Gasteiger partial charge in [-0.1, -0.05) is 56.3 Å². The number of para-hydroxylation sites is 2. The van der Waals surface area contributed by atoms with Crippen LogP contribution >= 0.6 is 0 Å². The summed E-state index contributed by atoms with van der Waals surface area (Å²) < 4.78 is 11.5. The Labute approximate surface area is 271 Å². The summed E-state index contributed by atoms with van der Waals surface area (Å²) in [5, 5.41) is 6.76. The van der Waals surface area contributed by atoms with Crippen molar-refractivity contribution in [3.63, 3.8) is 0 Å². The fourth-order valence-electron chi connectivity index (χ4n) is 5.91. The zero-order valence-electron chi connectivity index (χ0n) is 26.7. The molecular formula is C39H34N2O6. The molecule has 0 spiro atoms. The van der Waals surface area contributed by atoms with Crippen LogP contribution in [0.3, 0.4) is 0 Å². The lowest BCUT2D eigenvalue weighted by molar-refractivity contribution is 0.0990. The highest BCUT2D eigenvalue weighted by Gasteiger charge is 2.18. The fourth-order valence-corrected chi connectivity index (χ4v) is 5.91. The topological polar surface area (TPSA) is 119 Å². The largest absolute Gasteiger partial charge is 0.451 e. The van der Waals surface area contributed by atoms with Gasteiger partial charge in [0.05, 0.1) is 10.8 Å². The van der Waals surface area contributed by atoms with E-state index >= 15 is 0 Å². The lowest BCUT2D eigenvalue weighted by Crippen LogP contribution is -2.17. The number of carbonyl (C=O) groups is 2. The second kappa shape index (κ2) is 12.9. The van der Waals surface area contributed by atoms with Gasteiger partial charge in [0.15, 0.2) is 22.4 Å². The minimum Gasteiger partial charge on any atom is -0.451 e. The first-order chi connectivity index (χ1) is 22.6. The van der Waals surface area contributed by atoms with Crippen molar-refractivity contribution in [1.82, 2.24) is 0 Å². The summed E-state index contributed by atoms with van der Waals surface area (Å²) in [5.74, 6) is -1.06. The second-order valence-electron chi connectivity index (χ2n) is 11.6. The first kappa shape index (κ1) is 31.2. The standard InChI is InChI=1S/C39H34N2O6/c1-5-25-19-27(22(3)16-30(25)40-38(44)35-20-31(42)28-11-7-9-13-33(28)46-35)18-24-15-23(4)37(26(6-2)17-24)41-39(45)36-21-32(43)29-12-8-10-14-34(29)47-36/h7-17,19-21H,5-6,18H2,1-4H3,(H,40,44)(H,41,45). The van der Waals surface area contributed by atoms with E-state index in [2.05, 4.69) is 22.8 Å². The van der Waals surface area contributed by atoms with Crippen LogP contribution in [0.15, 0.2) is 103 Å². The number of carbonyl (C=O) groups excluding carboxylic acids is 2. The van der Waals surface area contributed by atoms with E-state index in [0.29, 0.717) is 52.6 Å². The number of benzene rings is 4. The molecule has 47 heavy (non-hydrogen) atoms. The molecule has 2 aromatic heterocycles. The summed E-state index contributed by atoms with van der Waals surface area (Å²) in [6.45, 7) is 8.00. The van der Waals surface area contributed by atoms with Crippen LogP contribution < -0.4 is 21.5 Å². The maximum Gasteiger partial charge on any atom is 0.291 e. The van der Waals surface area contributed by atoms with Gasteiger partial charge in [0.25, 0.3) is 11.8 Å². The third-order valence-corrected chi connectivity index (χ3v) is 8.40. The van der Waals surface area contributed by atoms with Crippen LogP contribution in [0, 0.1) is 13.8 Å². The number of anilines is 2. The molecule has 2 heterocycles. The van der Waals surface area contributed by atoms with Crippen LogP contribution in [0.4, 0.5) is 11.4 Å². The van der Waals surface area contributed by atoms with Crippen LogP contribution in [0.5, 0.6) is 0 Å². The van der Waals surface area contributed by atoms with Crippen molar-refractivity contribution in [2.75, 3.05) is 10.6 Å². The second-order valence-corrected chi connectivity index (χ2v) is 11.6. The number of fused-ring (bicyclic) bond motifs is 2. The number of rotatable bonds is 8. The Kier molecular flexibility index (Phi) is 8.59. The van der Waals surface area contributed by atoms with E-state index in [1.807, 2.05) is 39.8 Å². The Morgan fingerprint density at radius 1 is 0.617 bits per heavy atom. The third-order valence-electron chi connectivity index (χ3n) is 8.40. The van der Waals surface area contributed by atoms with Crippen LogP contribution in [0.25, 0.3) is 21.9 Å². The molecule has 6 rings (SSSR count). The van der Waals surface area contributed by atoms with Gasteiger partial charge < -0.3 is 19.5 Å². The van der Waals surface area contributed by atoms with E-state index in [1.54, 1.807) is 48.5 Å². The zero-order valence-corrected chi connectivity index (χ0v) is 26.7. The van der Waals surface area contributed by atoms with Gasteiger partial charge in [0, 0.05) is 23.5 Å². The van der Waals surface area contributed by atoms with Gasteiger partial charge in [-0.05, 0) is 96.8 Å². The average Bonchev–Trinajstić information content (AvgIpc) is 3.06. The van der Waals surface area contributed by atoms with Crippen molar-refractivity contribution in [2.24, 2.45) is 0 Å². The third kappa shape index (κ3) is 6.35. The summed E-state index contributed by atoms with van der Waals surface area (Å²) >= 11 is 0. The Morgan fingerprint density at radius 2 is 1.17 bits per heavy atom. The van der Waals surface area contributed by atoms with Crippen LogP contribution in [0.2, 0.25) is 0 Å². The van der Waals surface area contributed by atoms with Gasteiger partial charge in [-0.25, -0.2) is 0 Å². The van der Waals surface area contributed by atoms with E-state index in [0.717, 1.165) is 33.4 Å². The smallest absolute Gasteiger partial charge is 0.291 e. The Morgan fingerprint density at radius 3 is 1.74 bits per heavy atom. The molecular weight excluding hydrogens is 592 g/mol. The molecule has 0 unspecified atom stereocenters. The summed E-state index contributed by atoms with van der Waals surface area (Å²) in [6, 6.07) is 24.3. The number of hydrogen-bond acceptors (Lipinski definition) is 6. The Balaban J connectivity index is 1.23. The van der Waals surface area contributed by atoms with E-state index in [1.165, 1.54) is 12.1 Å². The van der Waals surface area contributed by atoms with E-state index in [-0.39, 0.29) is 22.4 Å². The van der Waals surface area contributed by atoms with Gasteiger partial charge in [-0.3, -0.25) is 19.2 Å². The van der Waals surface area contributed by atoms with Gasteiger partial charge in [-0.2, -0.15) is 0 Å². The van der Waals surface area contributed by atoms with Crippen molar-refractivity contribution >= 4 is 45.1 Å². The molecule has 2 amide bonds. The fraction of sp³-hybridized carbons (Fsp3) is 0.179. The average molecular weight is 627 g/mol. The molecule has 0 fully saturated rings. The zero-order chi connectivity index (χ0) is 33.2. The predicted octanol–water partition coefficient (Wildman–Crippen LogP) is 7.74. The number of amides is 2. The lowest BCUT2D eigenvalue weighted by Gasteiger charge is -2.18. The molecule has 0 aliphatic rings. The molecule has 0 atom stereocenters. The maximum atomic E-state index is 13.2. The van der Waals surface area contributed by atoms with E-state index in [9.17, 15) is 19.2 Å². The van der Waals surface area contributed by atoms with E-state index < -0.39 is 11.8 Å². The highest BCUT2D eigenvalue weighted by atomic mass is 16.3. The van der Waals surface area contributed by atoms with Crippen molar-refractivity contribution in [3.05, 3.63) is 150 Å². The maximum absolute atomic E-state index is 13.2. The quantitative estimate of drug-likeness (QED) is 0.178. The molecule has 2 N–H and O–H groups in total. The SMILES string of the molecule is CCc1cc(Cc2cc(C)c(NC(=O)c3cc(=O)c4ccccc4o3)c(CC)c2)c(C)cc1NC(=O)c1cc(=O)c2ccccc2o1. The van der Waals surface area contributed by atoms with Crippen molar-refractivity contribution in [2.45, 2.75) is 47.0 Å². The van der Waals surface area contributed by atoms with Gasteiger partial charge >= 0.3 is 0 Å². The molecule has 0 saturated heterocycles. The first-order valence-electron chi connectivity index (χ1n) is 15.6. The highest BCUT2D eigenvalue weighted by molar-refractivity contribution is 6.04. The molecule has 6 aromatic rings. The number of aryl methyl sites for hydroxylation is 4. The predicted molar refractivity (Wildman–Crippen MR) is 185 cm³/mol.